The Morgan fingerprint density at radius 1 is 1.39 bits per heavy atom. The highest BCUT2D eigenvalue weighted by Gasteiger charge is 2.12. The molecule has 0 heterocycles. The van der Waals surface area contributed by atoms with Crippen molar-refractivity contribution in [1.82, 2.24) is 0 Å². The van der Waals surface area contributed by atoms with E-state index in [4.69, 9.17) is 27.9 Å². The number of phenolic OH excluding ortho intramolecular Hbond substituents is 1. The molecule has 4 heteroatoms. The van der Waals surface area contributed by atoms with E-state index >= 15 is 0 Å². The smallest absolute Gasteiger partial charge is 0.122 e. The molecule has 0 atom stereocenters. The van der Waals surface area contributed by atoms with E-state index in [0.29, 0.717) is 12.4 Å². The lowest BCUT2D eigenvalue weighted by Gasteiger charge is -2.14. The zero-order valence-electron chi connectivity index (χ0n) is 10.8. The minimum atomic E-state index is 0.188. The van der Waals surface area contributed by atoms with Gasteiger partial charge in [-0.1, -0.05) is 44.0 Å². The summed E-state index contributed by atoms with van der Waals surface area (Å²) >= 11 is 11.0. The number of rotatable bonds is 5. The molecule has 0 amide bonds. The molecule has 0 aliphatic heterocycles. The van der Waals surface area contributed by atoms with E-state index in [1.807, 2.05) is 32.9 Å². The van der Waals surface area contributed by atoms with Crippen LogP contribution >= 0.6 is 23.2 Å². The van der Waals surface area contributed by atoms with Crippen molar-refractivity contribution >= 4 is 23.2 Å². The Labute approximate surface area is 118 Å². The van der Waals surface area contributed by atoms with Crippen LogP contribution in [0.25, 0.3) is 0 Å². The van der Waals surface area contributed by atoms with Gasteiger partial charge in [0.25, 0.3) is 0 Å². The molecule has 0 radical (unpaired) electrons. The minimum Gasteiger partial charge on any atom is -0.507 e. The van der Waals surface area contributed by atoms with Crippen molar-refractivity contribution in [1.29, 1.82) is 0 Å². The highest BCUT2D eigenvalue weighted by molar-refractivity contribution is 6.55. The summed E-state index contributed by atoms with van der Waals surface area (Å²) in [6.45, 7) is 6.38. The van der Waals surface area contributed by atoms with E-state index in [-0.39, 0.29) is 10.4 Å². The summed E-state index contributed by atoms with van der Waals surface area (Å²) < 4.78 is 5.74. The van der Waals surface area contributed by atoms with Crippen molar-refractivity contribution < 1.29 is 9.84 Å². The molecule has 0 unspecified atom stereocenters. The molecule has 0 saturated carbocycles. The predicted molar refractivity (Wildman–Crippen MR) is 76.9 cm³/mol. The maximum atomic E-state index is 10.1. The second-order valence-electron chi connectivity index (χ2n) is 4.33. The predicted octanol–water partition coefficient (Wildman–Crippen LogP) is 4.78. The van der Waals surface area contributed by atoms with Crippen LogP contribution in [0.5, 0.6) is 11.5 Å². The normalized spacial score (nSPS) is 10.6. The molecule has 18 heavy (non-hydrogen) atoms. The summed E-state index contributed by atoms with van der Waals surface area (Å²) in [5.41, 5.74) is 1.78. The van der Waals surface area contributed by atoms with Crippen LogP contribution in [0.15, 0.2) is 22.7 Å². The van der Waals surface area contributed by atoms with Gasteiger partial charge >= 0.3 is 0 Å². The molecule has 0 aliphatic rings. The average Bonchev–Trinajstić information content (AvgIpc) is 2.30. The van der Waals surface area contributed by atoms with Crippen LogP contribution in [0, 0.1) is 0 Å². The van der Waals surface area contributed by atoms with Crippen molar-refractivity contribution in [2.75, 3.05) is 6.61 Å². The summed E-state index contributed by atoms with van der Waals surface area (Å²) in [7, 11) is 0. The van der Waals surface area contributed by atoms with Crippen LogP contribution in [0.1, 0.15) is 37.8 Å². The SMILES string of the molecule is CCc1cc(OCC=C(Cl)Cl)cc(C(C)C)c1O. The van der Waals surface area contributed by atoms with Crippen molar-refractivity contribution in [3.05, 3.63) is 33.8 Å². The third-order valence-electron chi connectivity index (χ3n) is 2.68. The molecule has 1 rings (SSSR count). The fraction of sp³-hybridized carbons (Fsp3) is 0.429. The number of benzene rings is 1. The van der Waals surface area contributed by atoms with Gasteiger partial charge in [-0.15, -0.1) is 0 Å². The minimum absolute atomic E-state index is 0.188. The van der Waals surface area contributed by atoms with Gasteiger partial charge < -0.3 is 9.84 Å². The van der Waals surface area contributed by atoms with Crippen molar-refractivity contribution in [3.8, 4) is 11.5 Å². The number of aryl methyl sites for hydroxylation is 1. The monoisotopic (exact) mass is 288 g/mol. The van der Waals surface area contributed by atoms with E-state index in [9.17, 15) is 5.11 Å². The Morgan fingerprint density at radius 2 is 2.06 bits per heavy atom. The summed E-state index contributed by atoms with van der Waals surface area (Å²) in [6, 6.07) is 3.70. The fourth-order valence-electron chi connectivity index (χ4n) is 1.68. The summed E-state index contributed by atoms with van der Waals surface area (Å²) in [4.78, 5) is 0. The Hall–Kier alpha value is -0.860. The first-order valence-corrected chi connectivity index (χ1v) is 6.71. The number of hydrogen-bond donors (Lipinski definition) is 1. The van der Waals surface area contributed by atoms with E-state index in [0.717, 1.165) is 23.3 Å². The van der Waals surface area contributed by atoms with Gasteiger partial charge in [0.2, 0.25) is 0 Å². The molecular weight excluding hydrogens is 271 g/mol. The van der Waals surface area contributed by atoms with Crippen molar-refractivity contribution in [2.45, 2.75) is 33.1 Å². The Morgan fingerprint density at radius 3 is 2.56 bits per heavy atom. The zero-order chi connectivity index (χ0) is 13.7. The maximum absolute atomic E-state index is 10.1. The van der Waals surface area contributed by atoms with Gasteiger partial charge in [-0.25, -0.2) is 0 Å². The molecule has 0 aromatic heterocycles. The first kappa shape index (κ1) is 15.2. The van der Waals surface area contributed by atoms with Crippen LogP contribution in [0.3, 0.4) is 0 Å². The number of hydrogen-bond acceptors (Lipinski definition) is 2. The highest BCUT2D eigenvalue weighted by atomic mass is 35.5. The van der Waals surface area contributed by atoms with Gasteiger partial charge in [-0.05, 0) is 36.1 Å². The van der Waals surface area contributed by atoms with E-state index in [2.05, 4.69) is 0 Å². The largest absolute Gasteiger partial charge is 0.507 e. The third kappa shape index (κ3) is 4.11. The van der Waals surface area contributed by atoms with Gasteiger partial charge in [0.15, 0.2) is 0 Å². The lowest BCUT2D eigenvalue weighted by atomic mass is 9.97. The van der Waals surface area contributed by atoms with Crippen LogP contribution in [-0.2, 0) is 6.42 Å². The molecule has 0 saturated heterocycles. The lowest BCUT2D eigenvalue weighted by Crippen LogP contribution is -1.98. The standard InChI is InChI=1S/C14H18Cl2O2/c1-4-10-7-11(18-6-5-13(15)16)8-12(9(2)3)14(10)17/h5,7-9,17H,4,6H2,1-3H3. The van der Waals surface area contributed by atoms with Crippen molar-refractivity contribution in [2.24, 2.45) is 0 Å². The van der Waals surface area contributed by atoms with Gasteiger partial charge in [0.1, 0.15) is 22.6 Å². The number of aromatic hydroxyl groups is 1. The third-order valence-corrected chi connectivity index (χ3v) is 2.99. The summed E-state index contributed by atoms with van der Waals surface area (Å²) in [5, 5.41) is 10.1. The van der Waals surface area contributed by atoms with Gasteiger partial charge in [0.05, 0.1) is 0 Å². The Bertz CT molecular complexity index is 436. The Kier molecular flexibility index (Phi) is 5.83. The van der Waals surface area contributed by atoms with Gasteiger partial charge in [-0.3, -0.25) is 0 Å². The van der Waals surface area contributed by atoms with E-state index < -0.39 is 0 Å². The second kappa shape index (κ2) is 6.91. The molecular formula is C14H18Cl2O2. The quantitative estimate of drug-likeness (QED) is 0.845. The van der Waals surface area contributed by atoms with E-state index in [1.54, 1.807) is 6.08 Å². The first-order chi connectivity index (χ1) is 8.45. The molecule has 0 bridgehead atoms. The van der Waals surface area contributed by atoms with Crippen molar-refractivity contribution in [3.63, 3.8) is 0 Å². The number of halogens is 2. The number of ether oxygens (including phenoxy) is 1. The van der Waals surface area contributed by atoms with Crippen LogP contribution in [0.4, 0.5) is 0 Å². The molecule has 1 aromatic rings. The highest BCUT2D eigenvalue weighted by Crippen LogP contribution is 2.33. The Balaban J connectivity index is 2.99. The molecule has 1 aromatic carbocycles. The van der Waals surface area contributed by atoms with Gasteiger partial charge in [-0.2, -0.15) is 0 Å². The summed E-state index contributed by atoms with van der Waals surface area (Å²) in [6.07, 6.45) is 2.34. The lowest BCUT2D eigenvalue weighted by molar-refractivity contribution is 0.360. The molecule has 100 valence electrons. The molecule has 0 aliphatic carbocycles. The molecule has 1 N–H and O–H groups in total. The molecule has 0 fully saturated rings. The second-order valence-corrected chi connectivity index (χ2v) is 5.34. The summed E-state index contributed by atoms with van der Waals surface area (Å²) in [5.74, 6) is 1.33. The zero-order valence-corrected chi connectivity index (χ0v) is 12.3. The average molecular weight is 289 g/mol. The fourth-order valence-corrected chi connectivity index (χ4v) is 1.81. The van der Waals surface area contributed by atoms with Crippen LogP contribution < -0.4 is 4.74 Å². The van der Waals surface area contributed by atoms with E-state index in [1.165, 1.54) is 0 Å². The number of phenols is 1. The molecule has 2 nitrogen and oxygen atoms in total. The van der Waals surface area contributed by atoms with Crippen LogP contribution in [-0.4, -0.2) is 11.7 Å². The first-order valence-electron chi connectivity index (χ1n) is 5.95. The van der Waals surface area contributed by atoms with Crippen LogP contribution in [0.2, 0.25) is 0 Å². The van der Waals surface area contributed by atoms with Gasteiger partial charge in [0, 0.05) is 5.56 Å². The topological polar surface area (TPSA) is 29.5 Å². The maximum Gasteiger partial charge on any atom is 0.122 e. The molecule has 0 spiro atoms.